The van der Waals surface area contributed by atoms with Crippen LogP contribution in [0.5, 0.6) is 11.5 Å². The Morgan fingerprint density at radius 3 is 2.76 bits per heavy atom. The number of pyridine rings is 1. The fourth-order valence-corrected chi connectivity index (χ4v) is 2.68. The molecule has 0 fully saturated rings. The third-order valence-corrected chi connectivity index (χ3v) is 3.99. The Bertz CT molecular complexity index is 736. The highest BCUT2D eigenvalue weighted by Gasteiger charge is 2.20. The average molecular weight is 346 g/mol. The molecule has 0 radical (unpaired) electrons. The first-order chi connectivity index (χ1) is 12.2. The minimum atomic E-state index is -0.906. The van der Waals surface area contributed by atoms with Crippen molar-refractivity contribution in [2.45, 2.75) is 19.6 Å². The van der Waals surface area contributed by atoms with E-state index in [2.05, 4.69) is 4.98 Å². The molecule has 1 aromatic carbocycles. The zero-order chi connectivity index (χ0) is 17.6. The Hall–Kier alpha value is -2.83. The van der Waals surface area contributed by atoms with Gasteiger partial charge in [-0.2, -0.15) is 0 Å². The van der Waals surface area contributed by atoms with Gasteiger partial charge in [0.25, 0.3) is 0 Å². The maximum absolute atomic E-state index is 12.1. The standard InChI is InChI=1S/C18H19FN2O4/c19-6-8-24-17-4-2-15(20-10-17)12-25-16-3-1-13-5-7-21(18(22)23)11-14(13)9-16/h1-4,9-10H,5-8,11-12H2,(H,22,23). The van der Waals surface area contributed by atoms with Crippen LogP contribution >= 0.6 is 0 Å². The second-order valence-electron chi connectivity index (χ2n) is 5.70. The molecular formula is C18H19FN2O4. The van der Waals surface area contributed by atoms with E-state index in [0.29, 0.717) is 31.0 Å². The van der Waals surface area contributed by atoms with Gasteiger partial charge in [-0.25, -0.2) is 9.18 Å². The summed E-state index contributed by atoms with van der Waals surface area (Å²) in [5, 5.41) is 9.12. The molecule has 1 aliphatic rings. The number of halogens is 1. The van der Waals surface area contributed by atoms with Crippen LogP contribution in [0.15, 0.2) is 36.5 Å². The first-order valence-electron chi connectivity index (χ1n) is 8.02. The molecule has 7 heteroatoms. The smallest absolute Gasteiger partial charge is 0.407 e. The van der Waals surface area contributed by atoms with Crippen LogP contribution in [0, 0.1) is 0 Å². The van der Waals surface area contributed by atoms with Crippen LogP contribution in [0.2, 0.25) is 0 Å². The molecule has 0 aliphatic carbocycles. The molecule has 0 spiro atoms. The van der Waals surface area contributed by atoms with E-state index in [9.17, 15) is 9.18 Å². The van der Waals surface area contributed by atoms with E-state index in [4.69, 9.17) is 14.6 Å². The van der Waals surface area contributed by atoms with Gasteiger partial charge in [0.05, 0.1) is 11.9 Å². The molecule has 0 unspecified atom stereocenters. The van der Waals surface area contributed by atoms with Crippen molar-refractivity contribution in [3.05, 3.63) is 53.3 Å². The molecule has 132 valence electrons. The van der Waals surface area contributed by atoms with Crippen LogP contribution in [0.3, 0.4) is 0 Å². The highest BCUT2D eigenvalue weighted by Crippen LogP contribution is 2.24. The summed E-state index contributed by atoms with van der Waals surface area (Å²) in [5.41, 5.74) is 2.84. The first-order valence-corrected chi connectivity index (χ1v) is 8.02. The number of carbonyl (C=O) groups is 1. The lowest BCUT2D eigenvalue weighted by Gasteiger charge is -2.26. The van der Waals surface area contributed by atoms with E-state index in [0.717, 1.165) is 16.8 Å². The summed E-state index contributed by atoms with van der Waals surface area (Å²) >= 11 is 0. The number of nitrogens with zero attached hydrogens (tertiary/aromatic N) is 2. The van der Waals surface area contributed by atoms with Crippen LogP contribution in [0.25, 0.3) is 0 Å². The SMILES string of the molecule is O=C(O)N1CCc2ccc(OCc3ccc(OCCF)cn3)cc2C1. The summed E-state index contributed by atoms with van der Waals surface area (Å²) < 4.78 is 22.9. The summed E-state index contributed by atoms with van der Waals surface area (Å²) in [6, 6.07) is 9.22. The highest BCUT2D eigenvalue weighted by atomic mass is 19.1. The van der Waals surface area contributed by atoms with Gasteiger partial charge in [-0.15, -0.1) is 0 Å². The maximum atomic E-state index is 12.1. The molecule has 1 aromatic heterocycles. The molecule has 0 saturated carbocycles. The van der Waals surface area contributed by atoms with E-state index < -0.39 is 12.8 Å². The van der Waals surface area contributed by atoms with Gasteiger partial charge in [-0.3, -0.25) is 4.98 Å². The molecule has 1 aliphatic heterocycles. The van der Waals surface area contributed by atoms with Crippen LogP contribution in [-0.4, -0.2) is 40.9 Å². The lowest BCUT2D eigenvalue weighted by atomic mass is 10.00. The van der Waals surface area contributed by atoms with Crippen molar-refractivity contribution < 1.29 is 23.8 Å². The lowest BCUT2D eigenvalue weighted by molar-refractivity contribution is 0.140. The van der Waals surface area contributed by atoms with Crippen LogP contribution in [0.1, 0.15) is 16.8 Å². The summed E-state index contributed by atoms with van der Waals surface area (Å²) in [6.45, 7) is 0.650. The minimum absolute atomic E-state index is 0.0139. The van der Waals surface area contributed by atoms with Crippen LogP contribution in [-0.2, 0) is 19.6 Å². The van der Waals surface area contributed by atoms with Crippen molar-refractivity contribution in [3.8, 4) is 11.5 Å². The van der Waals surface area contributed by atoms with Crippen molar-refractivity contribution in [1.29, 1.82) is 0 Å². The molecule has 0 atom stereocenters. The molecule has 2 aromatic rings. The molecule has 1 N–H and O–H groups in total. The lowest BCUT2D eigenvalue weighted by Crippen LogP contribution is -2.34. The van der Waals surface area contributed by atoms with E-state index in [-0.39, 0.29) is 13.2 Å². The number of carboxylic acid groups (broad SMARTS) is 1. The number of aromatic nitrogens is 1. The van der Waals surface area contributed by atoms with E-state index in [1.807, 2.05) is 18.2 Å². The molecule has 0 bridgehead atoms. The van der Waals surface area contributed by atoms with Gasteiger partial charge in [0, 0.05) is 13.1 Å². The van der Waals surface area contributed by atoms with Gasteiger partial charge in [-0.1, -0.05) is 6.07 Å². The van der Waals surface area contributed by atoms with Crippen molar-refractivity contribution in [1.82, 2.24) is 9.88 Å². The zero-order valence-electron chi connectivity index (χ0n) is 13.7. The number of fused-ring (bicyclic) bond motifs is 1. The average Bonchev–Trinajstić information content (AvgIpc) is 2.64. The second kappa shape index (κ2) is 7.83. The van der Waals surface area contributed by atoms with Crippen molar-refractivity contribution >= 4 is 6.09 Å². The Balaban J connectivity index is 1.60. The third-order valence-electron chi connectivity index (χ3n) is 3.99. The number of alkyl halides is 1. The van der Waals surface area contributed by atoms with E-state index in [1.165, 1.54) is 11.1 Å². The number of rotatable bonds is 6. The van der Waals surface area contributed by atoms with Gasteiger partial charge in [0.15, 0.2) is 0 Å². The summed E-state index contributed by atoms with van der Waals surface area (Å²) in [6.07, 6.45) is 1.34. The van der Waals surface area contributed by atoms with Gasteiger partial charge in [0.1, 0.15) is 31.4 Å². The molecule has 3 rings (SSSR count). The van der Waals surface area contributed by atoms with Gasteiger partial charge in [-0.05, 0) is 41.8 Å². The number of ether oxygens (including phenoxy) is 2. The van der Waals surface area contributed by atoms with Gasteiger partial charge < -0.3 is 19.5 Å². The van der Waals surface area contributed by atoms with Crippen LogP contribution in [0.4, 0.5) is 9.18 Å². The topological polar surface area (TPSA) is 71.9 Å². The normalized spacial score (nSPS) is 13.2. The molecule has 6 nitrogen and oxygen atoms in total. The van der Waals surface area contributed by atoms with Crippen molar-refractivity contribution in [2.75, 3.05) is 19.8 Å². The Morgan fingerprint density at radius 2 is 2.04 bits per heavy atom. The Labute approximate surface area is 144 Å². The van der Waals surface area contributed by atoms with Crippen molar-refractivity contribution in [2.24, 2.45) is 0 Å². The number of hydrogen-bond acceptors (Lipinski definition) is 4. The Morgan fingerprint density at radius 1 is 1.20 bits per heavy atom. The summed E-state index contributed by atoms with van der Waals surface area (Å²) in [7, 11) is 0. The number of benzene rings is 1. The molecule has 1 amide bonds. The first kappa shape index (κ1) is 17.0. The Kier molecular flexibility index (Phi) is 5.33. The quantitative estimate of drug-likeness (QED) is 0.870. The van der Waals surface area contributed by atoms with E-state index >= 15 is 0 Å². The van der Waals surface area contributed by atoms with Gasteiger partial charge in [0.2, 0.25) is 0 Å². The molecule has 25 heavy (non-hydrogen) atoms. The monoisotopic (exact) mass is 346 g/mol. The summed E-state index contributed by atoms with van der Waals surface area (Å²) in [5.74, 6) is 1.19. The fraction of sp³-hybridized carbons (Fsp3) is 0.333. The number of hydrogen-bond donors (Lipinski definition) is 1. The van der Waals surface area contributed by atoms with Crippen LogP contribution < -0.4 is 9.47 Å². The third kappa shape index (κ3) is 4.37. The minimum Gasteiger partial charge on any atom is -0.489 e. The largest absolute Gasteiger partial charge is 0.489 e. The number of amides is 1. The molecule has 0 saturated heterocycles. The molecular weight excluding hydrogens is 327 g/mol. The van der Waals surface area contributed by atoms with Gasteiger partial charge >= 0.3 is 6.09 Å². The predicted octanol–water partition coefficient (Wildman–Crippen LogP) is 3.05. The predicted molar refractivity (Wildman–Crippen MR) is 88.6 cm³/mol. The maximum Gasteiger partial charge on any atom is 0.407 e. The molecule has 2 heterocycles. The van der Waals surface area contributed by atoms with E-state index in [1.54, 1.807) is 12.1 Å². The zero-order valence-corrected chi connectivity index (χ0v) is 13.7. The highest BCUT2D eigenvalue weighted by molar-refractivity contribution is 5.65. The summed E-state index contributed by atoms with van der Waals surface area (Å²) in [4.78, 5) is 16.7. The second-order valence-corrected chi connectivity index (χ2v) is 5.70. The van der Waals surface area contributed by atoms with Crippen molar-refractivity contribution in [3.63, 3.8) is 0 Å². The fourth-order valence-electron chi connectivity index (χ4n) is 2.68.